The minimum Gasteiger partial charge on any atom is -0.398 e. The van der Waals surface area contributed by atoms with Crippen LogP contribution in [0.1, 0.15) is 40.2 Å². The lowest BCUT2D eigenvalue weighted by atomic mass is 9.95. The highest BCUT2D eigenvalue weighted by molar-refractivity contribution is 7.99. The maximum Gasteiger partial charge on any atom is 0.261 e. The first-order valence-electron chi connectivity index (χ1n) is 6.31. The molecule has 1 fully saturated rings. The van der Waals surface area contributed by atoms with E-state index in [4.69, 9.17) is 5.73 Å². The Morgan fingerprint density at radius 1 is 1.50 bits per heavy atom. The molecule has 0 spiro atoms. The van der Waals surface area contributed by atoms with Gasteiger partial charge in [0.1, 0.15) is 0 Å². The predicted molar refractivity (Wildman–Crippen MR) is 80.5 cm³/mol. The van der Waals surface area contributed by atoms with Crippen LogP contribution < -0.4 is 11.1 Å². The molecule has 3 nitrogen and oxygen atoms in total. The third-order valence-electron chi connectivity index (χ3n) is 3.50. The fourth-order valence-electron chi connectivity index (χ4n) is 2.39. The minimum atomic E-state index is 0.0331. The van der Waals surface area contributed by atoms with Crippen LogP contribution in [-0.4, -0.2) is 23.5 Å². The molecule has 3 N–H and O–H groups in total. The first-order chi connectivity index (χ1) is 8.61. The zero-order chi connectivity index (χ0) is 13.1. The normalized spacial score (nSPS) is 23.9. The summed E-state index contributed by atoms with van der Waals surface area (Å²) in [6.45, 7) is 1.95. The van der Waals surface area contributed by atoms with Crippen LogP contribution in [0.4, 0.5) is 5.69 Å². The van der Waals surface area contributed by atoms with E-state index in [0.29, 0.717) is 11.3 Å². The molecule has 0 radical (unpaired) electrons. The van der Waals surface area contributed by atoms with Crippen LogP contribution in [0.2, 0.25) is 0 Å². The molecule has 2 unspecified atom stereocenters. The number of thioether (sulfide) groups is 1. The quantitative estimate of drug-likeness (QED) is 0.897. The van der Waals surface area contributed by atoms with E-state index in [9.17, 15) is 4.79 Å². The molecular formula is C13H20N2OS2. The molecule has 0 bridgehead atoms. The van der Waals surface area contributed by atoms with Crippen LogP contribution in [-0.2, 0) is 0 Å². The SMILES string of the molecule is CSC1CCCCC1NC(=O)c1cc(N)c(C)s1. The van der Waals surface area contributed by atoms with E-state index in [1.807, 2.05) is 18.7 Å². The van der Waals surface area contributed by atoms with Crippen molar-refractivity contribution in [2.24, 2.45) is 0 Å². The molecule has 2 rings (SSSR count). The molecule has 1 aromatic heterocycles. The van der Waals surface area contributed by atoms with Crippen LogP contribution >= 0.6 is 23.1 Å². The van der Waals surface area contributed by atoms with Crippen molar-refractivity contribution in [3.63, 3.8) is 0 Å². The lowest BCUT2D eigenvalue weighted by Crippen LogP contribution is -2.43. The van der Waals surface area contributed by atoms with E-state index in [1.165, 1.54) is 30.6 Å². The highest BCUT2D eigenvalue weighted by Gasteiger charge is 2.26. The second kappa shape index (κ2) is 5.97. The molecule has 1 aliphatic carbocycles. The standard InChI is InChI=1S/C13H20N2OS2/c1-8-9(14)7-12(18-8)13(16)15-10-5-3-4-6-11(10)17-2/h7,10-11H,3-6,14H2,1-2H3,(H,15,16). The number of nitrogens with one attached hydrogen (secondary N) is 1. The van der Waals surface area contributed by atoms with Gasteiger partial charge in [0.05, 0.1) is 4.88 Å². The zero-order valence-electron chi connectivity index (χ0n) is 10.9. The fraction of sp³-hybridized carbons (Fsp3) is 0.615. The van der Waals surface area contributed by atoms with Crippen LogP contribution in [0.3, 0.4) is 0 Å². The molecule has 2 atom stereocenters. The van der Waals surface area contributed by atoms with Crippen LogP contribution in [0.5, 0.6) is 0 Å². The summed E-state index contributed by atoms with van der Waals surface area (Å²) in [5, 5.41) is 3.73. The highest BCUT2D eigenvalue weighted by Crippen LogP contribution is 2.28. The van der Waals surface area contributed by atoms with Gasteiger partial charge in [-0.3, -0.25) is 4.79 Å². The largest absolute Gasteiger partial charge is 0.398 e. The van der Waals surface area contributed by atoms with Crippen LogP contribution in [0.15, 0.2) is 6.07 Å². The third-order valence-corrected chi connectivity index (χ3v) is 5.74. The number of hydrogen-bond donors (Lipinski definition) is 2. The highest BCUT2D eigenvalue weighted by atomic mass is 32.2. The molecule has 1 amide bonds. The number of thiophene rings is 1. The summed E-state index contributed by atoms with van der Waals surface area (Å²) in [7, 11) is 0. The van der Waals surface area contributed by atoms with E-state index in [-0.39, 0.29) is 5.91 Å². The predicted octanol–water partition coefficient (Wildman–Crippen LogP) is 3.04. The van der Waals surface area contributed by atoms with E-state index < -0.39 is 0 Å². The van der Waals surface area contributed by atoms with Gasteiger partial charge in [0, 0.05) is 21.9 Å². The van der Waals surface area contributed by atoms with Gasteiger partial charge in [-0.1, -0.05) is 12.8 Å². The van der Waals surface area contributed by atoms with Crippen molar-refractivity contribution in [2.45, 2.75) is 43.9 Å². The van der Waals surface area contributed by atoms with Gasteiger partial charge in [0.15, 0.2) is 0 Å². The molecular weight excluding hydrogens is 264 g/mol. The van der Waals surface area contributed by atoms with Crippen molar-refractivity contribution in [2.75, 3.05) is 12.0 Å². The molecule has 0 aliphatic heterocycles. The van der Waals surface area contributed by atoms with Gasteiger partial charge in [-0.15, -0.1) is 11.3 Å². The Kier molecular flexibility index (Phi) is 4.56. The number of nitrogens with two attached hydrogens (primary N) is 1. The summed E-state index contributed by atoms with van der Waals surface area (Å²) in [4.78, 5) is 13.9. The first kappa shape index (κ1) is 13.7. The van der Waals surface area contributed by atoms with Crippen LogP contribution in [0.25, 0.3) is 0 Å². The molecule has 5 heteroatoms. The molecule has 0 aromatic carbocycles. The number of aryl methyl sites for hydroxylation is 1. The Labute approximate surface area is 117 Å². The number of amides is 1. The molecule has 0 saturated heterocycles. The second-order valence-electron chi connectivity index (χ2n) is 4.76. The molecule has 1 aromatic rings. The van der Waals surface area contributed by atoms with Crippen molar-refractivity contribution < 1.29 is 4.79 Å². The van der Waals surface area contributed by atoms with Gasteiger partial charge >= 0.3 is 0 Å². The maximum absolute atomic E-state index is 12.2. The maximum atomic E-state index is 12.2. The van der Waals surface area contributed by atoms with Crippen molar-refractivity contribution in [3.8, 4) is 0 Å². The summed E-state index contributed by atoms with van der Waals surface area (Å²) in [6, 6.07) is 2.09. The summed E-state index contributed by atoms with van der Waals surface area (Å²) in [5.41, 5.74) is 6.51. The number of carbonyl (C=O) groups excluding carboxylic acids is 1. The van der Waals surface area contributed by atoms with Crippen LogP contribution in [0, 0.1) is 6.92 Å². The first-order valence-corrected chi connectivity index (χ1v) is 8.42. The third kappa shape index (κ3) is 3.01. The van der Waals surface area contributed by atoms with Crippen molar-refractivity contribution >= 4 is 34.7 Å². The Morgan fingerprint density at radius 2 is 2.22 bits per heavy atom. The molecule has 18 heavy (non-hydrogen) atoms. The van der Waals surface area contributed by atoms with Gasteiger partial charge < -0.3 is 11.1 Å². The summed E-state index contributed by atoms with van der Waals surface area (Å²) in [6.07, 6.45) is 6.92. The summed E-state index contributed by atoms with van der Waals surface area (Å²) >= 11 is 3.34. The Bertz CT molecular complexity index is 411. The fourth-order valence-corrected chi connectivity index (χ4v) is 4.17. The topological polar surface area (TPSA) is 55.1 Å². The van der Waals surface area contributed by atoms with Gasteiger partial charge in [-0.25, -0.2) is 0 Å². The van der Waals surface area contributed by atoms with E-state index in [2.05, 4.69) is 11.6 Å². The second-order valence-corrected chi connectivity index (χ2v) is 7.09. The summed E-state index contributed by atoms with van der Waals surface area (Å²) < 4.78 is 0. The number of nitrogen functional groups attached to an aromatic ring is 1. The molecule has 100 valence electrons. The Morgan fingerprint density at radius 3 is 2.83 bits per heavy atom. The van der Waals surface area contributed by atoms with Gasteiger partial charge in [0.25, 0.3) is 5.91 Å². The lowest BCUT2D eigenvalue weighted by molar-refractivity contribution is 0.0933. The smallest absolute Gasteiger partial charge is 0.261 e. The zero-order valence-corrected chi connectivity index (χ0v) is 12.5. The van der Waals surface area contributed by atoms with Gasteiger partial charge in [-0.2, -0.15) is 11.8 Å². The molecule has 1 saturated carbocycles. The number of hydrogen-bond acceptors (Lipinski definition) is 4. The average Bonchev–Trinajstić information content (AvgIpc) is 2.70. The Balaban J connectivity index is 2.01. The number of rotatable bonds is 3. The average molecular weight is 284 g/mol. The van der Waals surface area contributed by atoms with Crippen molar-refractivity contribution in [3.05, 3.63) is 15.8 Å². The van der Waals surface area contributed by atoms with Crippen molar-refractivity contribution in [1.82, 2.24) is 5.32 Å². The molecule has 1 aliphatic rings. The monoisotopic (exact) mass is 284 g/mol. The van der Waals surface area contributed by atoms with Gasteiger partial charge in [0.2, 0.25) is 0 Å². The van der Waals surface area contributed by atoms with E-state index in [0.717, 1.165) is 21.9 Å². The van der Waals surface area contributed by atoms with Crippen molar-refractivity contribution in [1.29, 1.82) is 0 Å². The Hall–Kier alpha value is -0.680. The molecule has 1 heterocycles. The lowest BCUT2D eigenvalue weighted by Gasteiger charge is -2.30. The number of anilines is 1. The minimum absolute atomic E-state index is 0.0331. The van der Waals surface area contributed by atoms with E-state index >= 15 is 0 Å². The van der Waals surface area contributed by atoms with E-state index in [1.54, 1.807) is 6.07 Å². The number of carbonyl (C=O) groups is 1. The van der Waals surface area contributed by atoms with Gasteiger partial charge in [-0.05, 0) is 32.1 Å². The summed E-state index contributed by atoms with van der Waals surface area (Å²) in [5.74, 6) is 0.0331.